The fourth-order valence-corrected chi connectivity index (χ4v) is 1.30. The fourth-order valence-electron chi connectivity index (χ4n) is 1.30. The Morgan fingerprint density at radius 1 is 1.33 bits per heavy atom. The molecule has 15 heavy (non-hydrogen) atoms. The molecule has 0 aromatic heterocycles. The molecule has 1 N–H and O–H groups in total. The number of amides is 2. The van der Waals surface area contributed by atoms with Crippen LogP contribution in [0.4, 0.5) is 22.4 Å². The highest BCUT2D eigenvalue weighted by molar-refractivity contribution is 5.74. The second-order valence-electron chi connectivity index (χ2n) is 3.41. The quantitative estimate of drug-likeness (QED) is 0.732. The average Bonchev–Trinajstić information content (AvgIpc) is 2.66. The van der Waals surface area contributed by atoms with E-state index in [0.717, 1.165) is 12.8 Å². The van der Waals surface area contributed by atoms with Gasteiger partial charge in [-0.15, -0.1) is 0 Å². The van der Waals surface area contributed by atoms with Crippen LogP contribution in [0, 0.1) is 0 Å². The van der Waals surface area contributed by atoms with Gasteiger partial charge in [0, 0.05) is 13.1 Å². The number of carbonyl (C=O) groups excluding carboxylic acids is 1. The molecule has 1 aliphatic rings. The zero-order valence-corrected chi connectivity index (χ0v) is 7.98. The van der Waals surface area contributed by atoms with Crippen molar-refractivity contribution in [1.29, 1.82) is 0 Å². The summed E-state index contributed by atoms with van der Waals surface area (Å²) in [6, 6.07) is -0.701. The van der Waals surface area contributed by atoms with Gasteiger partial charge in [-0.25, -0.2) is 13.6 Å². The van der Waals surface area contributed by atoms with Gasteiger partial charge < -0.3 is 10.2 Å². The van der Waals surface area contributed by atoms with Crippen molar-refractivity contribution in [2.45, 2.75) is 25.2 Å². The Hall–Kier alpha value is -1.01. The summed E-state index contributed by atoms with van der Waals surface area (Å²) >= 11 is 0. The van der Waals surface area contributed by atoms with Crippen LogP contribution in [-0.4, -0.2) is 42.9 Å². The maximum Gasteiger partial charge on any atom is 0.324 e. The van der Waals surface area contributed by atoms with Crippen LogP contribution in [0.5, 0.6) is 0 Å². The van der Waals surface area contributed by atoms with E-state index < -0.39 is 24.9 Å². The predicted octanol–water partition coefficient (Wildman–Crippen LogP) is 1.69. The average molecular weight is 228 g/mol. The number of carbonyl (C=O) groups is 1. The van der Waals surface area contributed by atoms with Gasteiger partial charge in [0.1, 0.15) is 0 Å². The minimum absolute atomic E-state index is 0.492. The van der Waals surface area contributed by atoms with Crippen molar-refractivity contribution in [3.8, 4) is 0 Å². The lowest BCUT2D eigenvalue weighted by atomic mass is 10.3. The van der Waals surface area contributed by atoms with Crippen molar-refractivity contribution in [2.24, 2.45) is 0 Å². The van der Waals surface area contributed by atoms with Gasteiger partial charge >= 0.3 is 18.4 Å². The summed E-state index contributed by atoms with van der Waals surface area (Å²) < 4.78 is 48.3. The molecule has 7 heteroatoms. The summed E-state index contributed by atoms with van der Waals surface area (Å²) in [5.41, 5.74) is 0. The number of urea groups is 1. The van der Waals surface area contributed by atoms with Crippen molar-refractivity contribution in [3.63, 3.8) is 0 Å². The Balaban J connectivity index is 2.33. The second kappa shape index (κ2) is 4.67. The molecule has 0 radical (unpaired) electrons. The van der Waals surface area contributed by atoms with Crippen molar-refractivity contribution >= 4 is 6.03 Å². The third-order valence-electron chi connectivity index (χ3n) is 2.19. The molecule has 1 saturated heterocycles. The Labute approximate surface area is 84.4 Å². The van der Waals surface area contributed by atoms with Gasteiger partial charge in [0.05, 0.1) is 6.54 Å². The van der Waals surface area contributed by atoms with Crippen molar-refractivity contribution in [3.05, 3.63) is 0 Å². The van der Waals surface area contributed by atoms with E-state index in [1.54, 1.807) is 5.32 Å². The molecule has 0 saturated carbocycles. The highest BCUT2D eigenvalue weighted by atomic mass is 19.3. The molecule has 0 aliphatic carbocycles. The molecule has 1 fully saturated rings. The summed E-state index contributed by atoms with van der Waals surface area (Å²) in [6.45, 7) is -0.335. The molecule has 0 spiro atoms. The van der Waals surface area contributed by atoms with Gasteiger partial charge in [0.25, 0.3) is 0 Å². The smallest absolute Gasteiger partial charge is 0.324 e. The van der Waals surface area contributed by atoms with Gasteiger partial charge in [0.15, 0.2) is 0 Å². The minimum Gasteiger partial charge on any atom is -0.332 e. The largest absolute Gasteiger partial charge is 0.332 e. The Kier molecular flexibility index (Phi) is 3.76. The molecule has 88 valence electrons. The zero-order valence-electron chi connectivity index (χ0n) is 7.98. The van der Waals surface area contributed by atoms with Gasteiger partial charge in [-0.05, 0) is 12.8 Å². The lowest BCUT2D eigenvalue weighted by Crippen LogP contribution is -2.46. The third kappa shape index (κ3) is 3.24. The fraction of sp³-hybridized carbons (Fsp3) is 0.875. The van der Waals surface area contributed by atoms with Crippen molar-refractivity contribution in [2.75, 3.05) is 19.6 Å². The van der Waals surface area contributed by atoms with Crippen LogP contribution >= 0.6 is 0 Å². The highest BCUT2D eigenvalue weighted by Gasteiger charge is 2.41. The minimum atomic E-state index is -4.16. The number of rotatable bonds is 3. The highest BCUT2D eigenvalue weighted by Crippen LogP contribution is 2.21. The molecule has 0 bridgehead atoms. The van der Waals surface area contributed by atoms with E-state index in [-0.39, 0.29) is 0 Å². The summed E-state index contributed by atoms with van der Waals surface area (Å²) in [5, 5.41) is 1.80. The number of nitrogens with one attached hydrogen (secondary N) is 1. The molecule has 2 amide bonds. The lowest BCUT2D eigenvalue weighted by Gasteiger charge is -2.20. The van der Waals surface area contributed by atoms with E-state index in [2.05, 4.69) is 0 Å². The molecule has 0 aromatic carbocycles. The summed E-state index contributed by atoms with van der Waals surface area (Å²) in [5.74, 6) is -4.16. The van der Waals surface area contributed by atoms with Gasteiger partial charge in [0.2, 0.25) is 0 Å². The first kappa shape index (κ1) is 12.1. The van der Waals surface area contributed by atoms with Crippen molar-refractivity contribution in [1.82, 2.24) is 10.2 Å². The van der Waals surface area contributed by atoms with Crippen LogP contribution in [-0.2, 0) is 0 Å². The first-order chi connectivity index (χ1) is 6.93. The number of alkyl halides is 4. The predicted molar refractivity (Wildman–Crippen MR) is 45.2 cm³/mol. The van der Waals surface area contributed by atoms with E-state index in [0.29, 0.717) is 13.1 Å². The third-order valence-corrected chi connectivity index (χ3v) is 2.19. The number of hydrogen-bond donors (Lipinski definition) is 1. The molecule has 0 atom stereocenters. The normalized spacial score (nSPS) is 17.3. The number of halogens is 4. The first-order valence-corrected chi connectivity index (χ1v) is 4.62. The van der Waals surface area contributed by atoms with Crippen LogP contribution < -0.4 is 5.32 Å². The van der Waals surface area contributed by atoms with Crippen LogP contribution in [0.3, 0.4) is 0 Å². The van der Waals surface area contributed by atoms with E-state index in [9.17, 15) is 22.4 Å². The van der Waals surface area contributed by atoms with E-state index >= 15 is 0 Å². The molecule has 0 aromatic rings. The lowest BCUT2D eigenvalue weighted by molar-refractivity contribution is -0.123. The van der Waals surface area contributed by atoms with Gasteiger partial charge in [-0.2, -0.15) is 8.78 Å². The molecular weight excluding hydrogens is 216 g/mol. The maximum absolute atomic E-state index is 12.4. The summed E-state index contributed by atoms with van der Waals surface area (Å²) in [6.07, 6.45) is -2.12. The molecule has 1 aliphatic heterocycles. The molecule has 0 unspecified atom stereocenters. The standard InChI is InChI=1S/C8H12F4N2O/c9-6(10)8(11,12)5-13-7(15)14-3-1-2-4-14/h6H,1-5H2,(H,13,15). The van der Waals surface area contributed by atoms with E-state index in [1.165, 1.54) is 4.90 Å². The summed E-state index contributed by atoms with van der Waals surface area (Å²) in [4.78, 5) is 12.5. The van der Waals surface area contributed by atoms with Gasteiger partial charge in [-0.1, -0.05) is 0 Å². The van der Waals surface area contributed by atoms with Crippen LogP contribution in [0.1, 0.15) is 12.8 Å². The zero-order chi connectivity index (χ0) is 11.5. The monoisotopic (exact) mass is 228 g/mol. The first-order valence-electron chi connectivity index (χ1n) is 4.62. The van der Waals surface area contributed by atoms with Crippen LogP contribution in [0.25, 0.3) is 0 Å². The SMILES string of the molecule is O=C(NCC(F)(F)C(F)F)N1CCCC1. The topological polar surface area (TPSA) is 32.3 Å². The van der Waals surface area contributed by atoms with Crippen LogP contribution in [0.2, 0.25) is 0 Å². The molecule has 3 nitrogen and oxygen atoms in total. The number of nitrogens with zero attached hydrogens (tertiary/aromatic N) is 1. The summed E-state index contributed by atoms with van der Waals surface area (Å²) in [7, 11) is 0. The van der Waals surface area contributed by atoms with E-state index in [4.69, 9.17) is 0 Å². The maximum atomic E-state index is 12.4. The molecular formula is C8H12F4N2O. The molecule has 1 heterocycles. The number of hydrogen-bond acceptors (Lipinski definition) is 1. The van der Waals surface area contributed by atoms with Gasteiger partial charge in [-0.3, -0.25) is 0 Å². The Bertz CT molecular complexity index is 229. The molecule has 1 rings (SSSR count). The Morgan fingerprint density at radius 2 is 1.87 bits per heavy atom. The van der Waals surface area contributed by atoms with Crippen molar-refractivity contribution < 1.29 is 22.4 Å². The Morgan fingerprint density at radius 3 is 2.33 bits per heavy atom. The number of likely N-dealkylation sites (tertiary alicyclic amines) is 1. The van der Waals surface area contributed by atoms with Crippen LogP contribution in [0.15, 0.2) is 0 Å². The second-order valence-corrected chi connectivity index (χ2v) is 3.41. The van der Waals surface area contributed by atoms with E-state index in [1.807, 2.05) is 0 Å².